The first-order valence-corrected chi connectivity index (χ1v) is 9.43. The molecule has 142 valence electrons. The van der Waals surface area contributed by atoms with Crippen molar-refractivity contribution < 1.29 is 9.59 Å². The summed E-state index contributed by atoms with van der Waals surface area (Å²) in [4.78, 5) is 28.8. The summed E-state index contributed by atoms with van der Waals surface area (Å²) in [5.41, 5.74) is 4.73. The second kappa shape index (κ2) is 8.25. The Hall–Kier alpha value is -2.82. The summed E-state index contributed by atoms with van der Waals surface area (Å²) < 4.78 is 0. The van der Waals surface area contributed by atoms with Crippen molar-refractivity contribution in [1.29, 1.82) is 0 Å². The second-order valence-electron chi connectivity index (χ2n) is 7.10. The van der Waals surface area contributed by atoms with Crippen LogP contribution >= 0.6 is 0 Å². The zero-order chi connectivity index (χ0) is 19.4. The SMILES string of the molecule is Cc1cccc(N2CCN(C(=O)C(=O)NC(C)c3ccccc3)CC2)c1C. The highest BCUT2D eigenvalue weighted by Gasteiger charge is 2.27. The molecule has 1 aliphatic heterocycles. The average Bonchev–Trinajstić information content (AvgIpc) is 2.70. The number of piperazine rings is 1. The molecule has 3 rings (SSSR count). The lowest BCUT2D eigenvalue weighted by molar-refractivity contribution is -0.146. The van der Waals surface area contributed by atoms with Gasteiger partial charge in [-0.2, -0.15) is 0 Å². The Morgan fingerprint density at radius 3 is 2.26 bits per heavy atom. The lowest BCUT2D eigenvalue weighted by atomic mass is 10.1. The van der Waals surface area contributed by atoms with Gasteiger partial charge < -0.3 is 15.1 Å². The molecule has 1 atom stereocenters. The van der Waals surface area contributed by atoms with E-state index < -0.39 is 11.8 Å². The number of nitrogens with one attached hydrogen (secondary N) is 1. The molecule has 2 aromatic carbocycles. The molecule has 5 heteroatoms. The van der Waals surface area contributed by atoms with Crippen molar-refractivity contribution in [3.05, 3.63) is 65.2 Å². The minimum absolute atomic E-state index is 0.195. The van der Waals surface area contributed by atoms with E-state index in [9.17, 15) is 9.59 Å². The van der Waals surface area contributed by atoms with Gasteiger partial charge in [-0.1, -0.05) is 42.5 Å². The first-order valence-electron chi connectivity index (χ1n) is 9.43. The van der Waals surface area contributed by atoms with Crippen LogP contribution in [0.2, 0.25) is 0 Å². The van der Waals surface area contributed by atoms with E-state index in [-0.39, 0.29) is 6.04 Å². The molecule has 1 unspecified atom stereocenters. The van der Waals surface area contributed by atoms with Gasteiger partial charge in [0.15, 0.2) is 0 Å². The molecule has 0 bridgehead atoms. The Balaban J connectivity index is 1.56. The highest BCUT2D eigenvalue weighted by molar-refractivity contribution is 6.35. The maximum atomic E-state index is 12.5. The van der Waals surface area contributed by atoms with Gasteiger partial charge in [-0.15, -0.1) is 0 Å². The number of aryl methyl sites for hydroxylation is 1. The van der Waals surface area contributed by atoms with E-state index in [4.69, 9.17) is 0 Å². The van der Waals surface area contributed by atoms with E-state index in [0.717, 1.165) is 18.7 Å². The second-order valence-corrected chi connectivity index (χ2v) is 7.10. The number of carbonyl (C=O) groups is 2. The van der Waals surface area contributed by atoms with Crippen LogP contribution in [-0.4, -0.2) is 42.9 Å². The van der Waals surface area contributed by atoms with E-state index in [1.165, 1.54) is 16.8 Å². The number of carbonyl (C=O) groups excluding carboxylic acids is 2. The van der Waals surface area contributed by atoms with Gasteiger partial charge >= 0.3 is 11.8 Å². The Bertz CT molecular complexity index is 812. The van der Waals surface area contributed by atoms with Crippen molar-refractivity contribution in [2.24, 2.45) is 0 Å². The molecule has 1 saturated heterocycles. The molecule has 0 spiro atoms. The molecule has 0 aromatic heterocycles. The molecule has 27 heavy (non-hydrogen) atoms. The third-order valence-corrected chi connectivity index (χ3v) is 5.33. The predicted molar refractivity (Wildman–Crippen MR) is 108 cm³/mol. The topological polar surface area (TPSA) is 52.7 Å². The Kier molecular flexibility index (Phi) is 5.79. The number of hydrogen-bond donors (Lipinski definition) is 1. The van der Waals surface area contributed by atoms with E-state index in [2.05, 4.69) is 42.3 Å². The van der Waals surface area contributed by atoms with E-state index in [0.29, 0.717) is 13.1 Å². The summed E-state index contributed by atoms with van der Waals surface area (Å²) in [5.74, 6) is -0.982. The van der Waals surface area contributed by atoms with Crippen LogP contribution in [0.15, 0.2) is 48.5 Å². The number of nitrogens with zero attached hydrogens (tertiary/aromatic N) is 2. The molecule has 0 radical (unpaired) electrons. The van der Waals surface area contributed by atoms with Gasteiger partial charge in [0.05, 0.1) is 6.04 Å². The highest BCUT2D eigenvalue weighted by Crippen LogP contribution is 2.24. The molecular weight excluding hydrogens is 338 g/mol. The predicted octanol–water partition coefficient (Wildman–Crippen LogP) is 2.83. The van der Waals surface area contributed by atoms with Gasteiger partial charge in [0.25, 0.3) is 0 Å². The third-order valence-electron chi connectivity index (χ3n) is 5.33. The lowest BCUT2D eigenvalue weighted by Crippen LogP contribution is -2.53. The van der Waals surface area contributed by atoms with Crippen molar-refractivity contribution in [1.82, 2.24) is 10.2 Å². The molecule has 0 saturated carbocycles. The van der Waals surface area contributed by atoms with Crippen molar-refractivity contribution in [3.8, 4) is 0 Å². The van der Waals surface area contributed by atoms with Crippen LogP contribution in [-0.2, 0) is 9.59 Å². The number of anilines is 1. The first-order chi connectivity index (χ1) is 13.0. The average molecular weight is 365 g/mol. The van der Waals surface area contributed by atoms with Gasteiger partial charge in [-0.05, 0) is 43.5 Å². The fraction of sp³-hybridized carbons (Fsp3) is 0.364. The van der Waals surface area contributed by atoms with E-state index in [1.54, 1.807) is 4.90 Å². The quantitative estimate of drug-likeness (QED) is 0.851. The van der Waals surface area contributed by atoms with E-state index >= 15 is 0 Å². The fourth-order valence-electron chi connectivity index (χ4n) is 3.46. The van der Waals surface area contributed by atoms with Crippen LogP contribution in [0.4, 0.5) is 5.69 Å². The van der Waals surface area contributed by atoms with Gasteiger partial charge in [0.1, 0.15) is 0 Å². The summed E-state index contributed by atoms with van der Waals surface area (Å²) in [6, 6.07) is 15.8. The van der Waals surface area contributed by atoms with Crippen LogP contribution in [0.25, 0.3) is 0 Å². The number of amides is 2. The molecule has 2 aromatic rings. The molecule has 0 aliphatic carbocycles. The smallest absolute Gasteiger partial charge is 0.312 e. The summed E-state index contributed by atoms with van der Waals surface area (Å²) in [6.07, 6.45) is 0. The third kappa shape index (κ3) is 4.30. The standard InChI is InChI=1S/C22H27N3O2/c1-16-8-7-11-20(17(16)2)24-12-14-25(15-13-24)22(27)21(26)23-18(3)19-9-5-4-6-10-19/h4-11,18H,12-15H2,1-3H3,(H,23,26). The van der Waals surface area contributed by atoms with Crippen molar-refractivity contribution in [2.45, 2.75) is 26.8 Å². The zero-order valence-corrected chi connectivity index (χ0v) is 16.2. The molecule has 2 amide bonds. The fourth-order valence-corrected chi connectivity index (χ4v) is 3.46. The number of hydrogen-bond acceptors (Lipinski definition) is 3. The zero-order valence-electron chi connectivity index (χ0n) is 16.2. The van der Waals surface area contributed by atoms with Crippen LogP contribution in [0.5, 0.6) is 0 Å². The van der Waals surface area contributed by atoms with Gasteiger partial charge in [-0.3, -0.25) is 9.59 Å². The summed E-state index contributed by atoms with van der Waals surface area (Å²) in [5, 5.41) is 2.81. The monoisotopic (exact) mass is 365 g/mol. The Labute approximate surface area is 161 Å². The van der Waals surface area contributed by atoms with Crippen LogP contribution in [0, 0.1) is 13.8 Å². The molecule has 1 aliphatic rings. The van der Waals surface area contributed by atoms with Crippen LogP contribution in [0.3, 0.4) is 0 Å². The van der Waals surface area contributed by atoms with Gasteiger partial charge in [0, 0.05) is 31.9 Å². The minimum Gasteiger partial charge on any atom is -0.368 e. The lowest BCUT2D eigenvalue weighted by Gasteiger charge is -2.36. The highest BCUT2D eigenvalue weighted by atomic mass is 16.2. The minimum atomic E-state index is -0.536. The molecule has 1 N–H and O–H groups in total. The maximum absolute atomic E-state index is 12.5. The normalized spacial score (nSPS) is 15.4. The van der Waals surface area contributed by atoms with Crippen molar-refractivity contribution >= 4 is 17.5 Å². The van der Waals surface area contributed by atoms with Crippen LogP contribution in [0.1, 0.15) is 29.7 Å². The van der Waals surface area contributed by atoms with Crippen LogP contribution < -0.4 is 10.2 Å². The molecule has 5 nitrogen and oxygen atoms in total. The van der Waals surface area contributed by atoms with Crippen molar-refractivity contribution in [3.63, 3.8) is 0 Å². The summed E-state index contributed by atoms with van der Waals surface area (Å²) in [6.45, 7) is 8.70. The molecule has 1 heterocycles. The first kappa shape index (κ1) is 19.0. The molecular formula is C22H27N3O2. The van der Waals surface area contributed by atoms with E-state index in [1.807, 2.05) is 37.3 Å². The summed E-state index contributed by atoms with van der Waals surface area (Å²) >= 11 is 0. The molecule has 1 fully saturated rings. The summed E-state index contributed by atoms with van der Waals surface area (Å²) in [7, 11) is 0. The Morgan fingerprint density at radius 1 is 0.926 bits per heavy atom. The number of rotatable bonds is 3. The number of benzene rings is 2. The van der Waals surface area contributed by atoms with Gasteiger partial charge in [0.2, 0.25) is 0 Å². The Morgan fingerprint density at radius 2 is 1.59 bits per heavy atom. The largest absolute Gasteiger partial charge is 0.368 e. The maximum Gasteiger partial charge on any atom is 0.312 e. The van der Waals surface area contributed by atoms with Crippen molar-refractivity contribution in [2.75, 3.05) is 31.1 Å². The van der Waals surface area contributed by atoms with Gasteiger partial charge in [-0.25, -0.2) is 0 Å².